The Labute approximate surface area is 96.3 Å². The molecule has 1 saturated heterocycles. The van der Waals surface area contributed by atoms with Crippen LogP contribution in [0.1, 0.15) is 11.8 Å². The molecule has 2 heterocycles. The van der Waals surface area contributed by atoms with Crippen LogP contribution in [-0.4, -0.2) is 39.1 Å². The number of rotatable bonds is 3. The number of H-pyrrole nitrogens is 1. The summed E-state index contributed by atoms with van der Waals surface area (Å²) < 4.78 is 6.51. The number of aliphatic hydroxyl groups excluding tert-OH is 2. The zero-order chi connectivity index (χ0) is 12.6. The number of nitrogens with zero attached hydrogens (tertiary/aromatic N) is 1. The molecule has 0 radical (unpaired) electrons. The lowest BCUT2D eigenvalue weighted by Crippen LogP contribution is -2.52. The Bertz CT molecular complexity index is 520. The first-order valence-corrected chi connectivity index (χ1v) is 5.27. The Morgan fingerprint density at radius 2 is 2.12 bits per heavy atom. The molecule has 1 fully saturated rings. The molecule has 94 valence electrons. The smallest absolute Gasteiger partial charge is 0.330 e. The van der Waals surface area contributed by atoms with Gasteiger partial charge in [0.1, 0.15) is 6.23 Å². The minimum absolute atomic E-state index is 0.194. The number of aromatic amines is 1. The molecule has 0 spiro atoms. The third-order valence-electron chi connectivity index (χ3n) is 2.97. The van der Waals surface area contributed by atoms with E-state index in [-0.39, 0.29) is 19.1 Å². The van der Waals surface area contributed by atoms with Crippen LogP contribution in [-0.2, 0) is 4.74 Å². The third-order valence-corrected chi connectivity index (χ3v) is 2.97. The van der Waals surface area contributed by atoms with Crippen molar-refractivity contribution >= 4 is 0 Å². The number of ether oxygens (including phenoxy) is 1. The maximum Gasteiger partial charge on any atom is 0.330 e. The fourth-order valence-corrected chi connectivity index (χ4v) is 1.91. The zero-order valence-electron chi connectivity index (χ0n) is 9.29. The van der Waals surface area contributed by atoms with Gasteiger partial charge in [-0.25, -0.2) is 4.79 Å². The SMILES string of the molecule is Cc1cn(C2OC(CO)C2CO)c(=O)[nH]c1=O. The highest BCUT2D eigenvalue weighted by molar-refractivity contribution is 5.02. The van der Waals surface area contributed by atoms with Gasteiger partial charge in [-0.3, -0.25) is 14.3 Å². The molecule has 2 rings (SSSR count). The summed E-state index contributed by atoms with van der Waals surface area (Å²) in [6.07, 6.45) is 0.284. The second kappa shape index (κ2) is 4.44. The molecule has 1 aliphatic heterocycles. The summed E-state index contributed by atoms with van der Waals surface area (Å²) in [5.41, 5.74) is -0.636. The first-order chi connectivity index (χ1) is 8.08. The van der Waals surface area contributed by atoms with Gasteiger partial charge in [0.15, 0.2) is 0 Å². The van der Waals surface area contributed by atoms with Gasteiger partial charge < -0.3 is 14.9 Å². The highest BCUT2D eigenvalue weighted by Gasteiger charge is 2.43. The number of aryl methyl sites for hydroxylation is 1. The molecule has 1 aliphatic rings. The molecule has 0 aromatic carbocycles. The molecule has 0 amide bonds. The predicted molar refractivity (Wildman–Crippen MR) is 57.6 cm³/mol. The van der Waals surface area contributed by atoms with E-state index in [0.717, 1.165) is 0 Å². The summed E-state index contributed by atoms with van der Waals surface area (Å²) in [6.45, 7) is 1.17. The van der Waals surface area contributed by atoms with Gasteiger partial charge in [0, 0.05) is 11.8 Å². The number of aromatic nitrogens is 2. The van der Waals surface area contributed by atoms with Crippen molar-refractivity contribution in [1.29, 1.82) is 0 Å². The van der Waals surface area contributed by atoms with Crippen LogP contribution in [0.2, 0.25) is 0 Å². The second-order valence-corrected chi connectivity index (χ2v) is 4.07. The third kappa shape index (κ3) is 1.92. The van der Waals surface area contributed by atoms with Crippen LogP contribution >= 0.6 is 0 Å². The Morgan fingerprint density at radius 1 is 1.41 bits per heavy atom. The summed E-state index contributed by atoms with van der Waals surface area (Å²) in [4.78, 5) is 24.9. The Kier molecular flexibility index (Phi) is 3.14. The Balaban J connectivity index is 2.33. The second-order valence-electron chi connectivity index (χ2n) is 4.07. The summed E-state index contributed by atoms with van der Waals surface area (Å²) in [7, 11) is 0. The van der Waals surface area contributed by atoms with Crippen molar-refractivity contribution in [2.24, 2.45) is 5.92 Å². The number of hydrogen-bond acceptors (Lipinski definition) is 5. The summed E-state index contributed by atoms with van der Waals surface area (Å²) in [6, 6.07) is 0. The highest BCUT2D eigenvalue weighted by Crippen LogP contribution is 2.35. The van der Waals surface area contributed by atoms with Crippen LogP contribution in [0, 0.1) is 12.8 Å². The van der Waals surface area contributed by atoms with E-state index in [4.69, 9.17) is 14.9 Å². The van der Waals surface area contributed by atoms with Crippen molar-refractivity contribution in [2.45, 2.75) is 19.3 Å². The Hall–Kier alpha value is -1.44. The highest BCUT2D eigenvalue weighted by atomic mass is 16.6. The molecule has 7 nitrogen and oxygen atoms in total. The van der Waals surface area contributed by atoms with E-state index in [1.165, 1.54) is 10.8 Å². The normalized spacial score (nSPS) is 27.8. The van der Waals surface area contributed by atoms with Crippen molar-refractivity contribution in [1.82, 2.24) is 9.55 Å². The van der Waals surface area contributed by atoms with Gasteiger partial charge in [0.25, 0.3) is 5.56 Å². The van der Waals surface area contributed by atoms with Crippen LogP contribution < -0.4 is 11.2 Å². The molecule has 0 saturated carbocycles. The summed E-state index contributed by atoms with van der Waals surface area (Å²) in [5, 5.41) is 18.1. The van der Waals surface area contributed by atoms with Crippen molar-refractivity contribution < 1.29 is 14.9 Å². The lowest BCUT2D eigenvalue weighted by Gasteiger charge is -2.43. The monoisotopic (exact) mass is 242 g/mol. The van der Waals surface area contributed by atoms with Gasteiger partial charge in [-0.05, 0) is 6.92 Å². The van der Waals surface area contributed by atoms with E-state index in [0.29, 0.717) is 5.56 Å². The van der Waals surface area contributed by atoms with E-state index in [9.17, 15) is 9.59 Å². The van der Waals surface area contributed by atoms with Crippen LogP contribution in [0.15, 0.2) is 15.8 Å². The van der Waals surface area contributed by atoms with Crippen molar-refractivity contribution in [3.8, 4) is 0 Å². The average Bonchev–Trinajstić information content (AvgIpc) is 2.25. The molecule has 1 aromatic rings. The fraction of sp³-hybridized carbons (Fsp3) is 0.600. The van der Waals surface area contributed by atoms with Gasteiger partial charge in [-0.15, -0.1) is 0 Å². The molecule has 0 aliphatic carbocycles. The molecule has 7 heteroatoms. The fourth-order valence-electron chi connectivity index (χ4n) is 1.91. The number of hydrogen-bond donors (Lipinski definition) is 3. The molecule has 3 atom stereocenters. The number of nitrogens with one attached hydrogen (secondary N) is 1. The predicted octanol–water partition coefficient (Wildman–Crippen LogP) is -1.66. The minimum atomic E-state index is -0.639. The van der Waals surface area contributed by atoms with Gasteiger partial charge in [-0.1, -0.05) is 0 Å². The van der Waals surface area contributed by atoms with Crippen LogP contribution in [0.4, 0.5) is 0 Å². The summed E-state index contributed by atoms with van der Waals surface area (Å²) >= 11 is 0. The minimum Gasteiger partial charge on any atom is -0.396 e. The maximum atomic E-state index is 11.6. The van der Waals surface area contributed by atoms with Gasteiger partial charge in [0.05, 0.1) is 25.2 Å². The van der Waals surface area contributed by atoms with E-state index >= 15 is 0 Å². The largest absolute Gasteiger partial charge is 0.396 e. The van der Waals surface area contributed by atoms with Crippen LogP contribution in [0.3, 0.4) is 0 Å². The van der Waals surface area contributed by atoms with Crippen molar-refractivity contribution in [3.05, 3.63) is 32.6 Å². The van der Waals surface area contributed by atoms with E-state index < -0.39 is 23.6 Å². The quantitative estimate of drug-likeness (QED) is 0.588. The first kappa shape index (κ1) is 12.0. The molecular weight excluding hydrogens is 228 g/mol. The Morgan fingerprint density at radius 3 is 2.71 bits per heavy atom. The van der Waals surface area contributed by atoms with Gasteiger partial charge >= 0.3 is 5.69 Å². The van der Waals surface area contributed by atoms with Crippen molar-refractivity contribution in [3.63, 3.8) is 0 Å². The van der Waals surface area contributed by atoms with Crippen molar-refractivity contribution in [2.75, 3.05) is 13.2 Å². The molecule has 1 aromatic heterocycles. The van der Waals surface area contributed by atoms with Crippen LogP contribution in [0.25, 0.3) is 0 Å². The van der Waals surface area contributed by atoms with E-state index in [2.05, 4.69) is 4.98 Å². The summed E-state index contributed by atoms with van der Waals surface area (Å²) in [5.74, 6) is -0.344. The average molecular weight is 242 g/mol. The van der Waals surface area contributed by atoms with E-state index in [1.54, 1.807) is 6.92 Å². The van der Waals surface area contributed by atoms with E-state index in [1.807, 2.05) is 0 Å². The first-order valence-electron chi connectivity index (χ1n) is 5.27. The standard InChI is InChI=1S/C10H14N2O5/c1-5-2-12(10(16)11-8(5)15)9-6(3-13)7(4-14)17-9/h2,6-7,9,13-14H,3-4H2,1H3,(H,11,15,16). The topological polar surface area (TPSA) is 105 Å². The van der Waals surface area contributed by atoms with Gasteiger partial charge in [-0.2, -0.15) is 0 Å². The zero-order valence-corrected chi connectivity index (χ0v) is 9.29. The molecule has 3 unspecified atom stereocenters. The molecule has 3 N–H and O–H groups in total. The maximum absolute atomic E-state index is 11.6. The lowest BCUT2D eigenvalue weighted by molar-refractivity contribution is -0.246. The van der Waals surface area contributed by atoms with Crippen LogP contribution in [0.5, 0.6) is 0 Å². The molecule has 17 heavy (non-hydrogen) atoms. The lowest BCUT2D eigenvalue weighted by atomic mass is 9.95. The molecule has 0 bridgehead atoms. The van der Waals surface area contributed by atoms with Gasteiger partial charge in [0.2, 0.25) is 0 Å². The number of aliphatic hydroxyl groups is 2. The molecular formula is C10H14N2O5.